The summed E-state index contributed by atoms with van der Waals surface area (Å²) in [5, 5.41) is 13.9. The minimum absolute atomic E-state index is 0.0937. The Balaban J connectivity index is 2.08. The SMILES string of the molecule is Cc1ccc(-c2nnc(NC(=O)C(NC(=O)C(C)Cl)C(C)C)s2)cc1. The van der Waals surface area contributed by atoms with Gasteiger partial charge in [-0.3, -0.25) is 14.9 Å². The normalized spacial score (nSPS) is 13.4. The zero-order valence-corrected chi connectivity index (χ0v) is 16.1. The highest BCUT2D eigenvalue weighted by Gasteiger charge is 2.26. The molecule has 6 nitrogen and oxygen atoms in total. The Morgan fingerprint density at radius 3 is 2.28 bits per heavy atom. The van der Waals surface area contributed by atoms with E-state index in [4.69, 9.17) is 11.6 Å². The molecular weight excluding hydrogens is 360 g/mol. The van der Waals surface area contributed by atoms with Crippen LogP contribution in [0.3, 0.4) is 0 Å². The summed E-state index contributed by atoms with van der Waals surface area (Å²) in [6.45, 7) is 7.27. The summed E-state index contributed by atoms with van der Waals surface area (Å²) in [4.78, 5) is 24.3. The third kappa shape index (κ3) is 5.24. The molecule has 2 unspecified atom stereocenters. The highest BCUT2D eigenvalue weighted by atomic mass is 35.5. The van der Waals surface area contributed by atoms with Gasteiger partial charge in [0.25, 0.3) is 0 Å². The molecule has 2 rings (SSSR count). The first-order valence-corrected chi connectivity index (χ1v) is 9.19. The van der Waals surface area contributed by atoms with Crippen LogP contribution in [0.25, 0.3) is 10.6 Å². The zero-order chi connectivity index (χ0) is 18.6. The Morgan fingerprint density at radius 1 is 1.08 bits per heavy atom. The maximum absolute atomic E-state index is 12.5. The second-order valence-corrected chi connectivity index (χ2v) is 7.75. The Hall–Kier alpha value is -1.99. The van der Waals surface area contributed by atoms with Gasteiger partial charge in [-0.1, -0.05) is 55.0 Å². The highest BCUT2D eigenvalue weighted by Crippen LogP contribution is 2.26. The fourth-order valence-corrected chi connectivity index (χ4v) is 2.89. The van der Waals surface area contributed by atoms with Crippen molar-refractivity contribution >= 4 is 39.9 Å². The zero-order valence-electron chi connectivity index (χ0n) is 14.5. The van der Waals surface area contributed by atoms with Crippen LogP contribution in [0.1, 0.15) is 26.3 Å². The molecule has 0 saturated heterocycles. The average Bonchev–Trinajstić information content (AvgIpc) is 3.00. The van der Waals surface area contributed by atoms with E-state index in [2.05, 4.69) is 20.8 Å². The number of nitrogens with one attached hydrogen (secondary N) is 2. The molecule has 8 heteroatoms. The number of rotatable bonds is 6. The largest absolute Gasteiger partial charge is 0.343 e. The van der Waals surface area contributed by atoms with E-state index in [1.165, 1.54) is 11.3 Å². The molecule has 1 aromatic carbocycles. The number of halogens is 1. The molecule has 2 N–H and O–H groups in total. The van der Waals surface area contributed by atoms with E-state index < -0.39 is 11.4 Å². The van der Waals surface area contributed by atoms with Gasteiger partial charge in [-0.25, -0.2) is 0 Å². The number of aryl methyl sites for hydroxylation is 1. The molecule has 0 aliphatic carbocycles. The van der Waals surface area contributed by atoms with Gasteiger partial charge in [-0.15, -0.1) is 21.8 Å². The Bertz CT molecular complexity index is 743. The minimum atomic E-state index is -0.705. The van der Waals surface area contributed by atoms with Crippen molar-refractivity contribution in [2.75, 3.05) is 5.32 Å². The highest BCUT2D eigenvalue weighted by molar-refractivity contribution is 7.18. The number of amides is 2. The summed E-state index contributed by atoms with van der Waals surface area (Å²) >= 11 is 7.04. The third-order valence-corrected chi connectivity index (χ3v) is 4.65. The number of aromatic nitrogens is 2. The molecule has 2 atom stereocenters. The summed E-state index contributed by atoms with van der Waals surface area (Å²) < 4.78 is 0. The lowest BCUT2D eigenvalue weighted by Crippen LogP contribution is -2.48. The quantitative estimate of drug-likeness (QED) is 0.753. The third-order valence-electron chi connectivity index (χ3n) is 3.56. The predicted molar refractivity (Wildman–Crippen MR) is 101 cm³/mol. The van der Waals surface area contributed by atoms with Crippen molar-refractivity contribution in [2.24, 2.45) is 5.92 Å². The predicted octanol–water partition coefficient (Wildman–Crippen LogP) is 3.22. The molecule has 0 aliphatic rings. The molecule has 1 heterocycles. The lowest BCUT2D eigenvalue weighted by molar-refractivity contribution is -0.127. The molecule has 0 saturated carbocycles. The molecule has 0 spiro atoms. The van der Waals surface area contributed by atoms with E-state index in [-0.39, 0.29) is 17.7 Å². The van der Waals surface area contributed by atoms with Gasteiger partial charge in [0.2, 0.25) is 16.9 Å². The van der Waals surface area contributed by atoms with Crippen molar-refractivity contribution in [3.63, 3.8) is 0 Å². The molecule has 25 heavy (non-hydrogen) atoms. The molecule has 0 bridgehead atoms. The maximum Gasteiger partial charge on any atom is 0.249 e. The number of hydrogen-bond acceptors (Lipinski definition) is 5. The fourth-order valence-electron chi connectivity index (χ4n) is 2.07. The van der Waals surface area contributed by atoms with Gasteiger partial charge < -0.3 is 5.32 Å². The number of anilines is 1. The smallest absolute Gasteiger partial charge is 0.249 e. The van der Waals surface area contributed by atoms with Crippen LogP contribution >= 0.6 is 22.9 Å². The summed E-state index contributed by atoms with van der Waals surface area (Å²) in [6, 6.07) is 7.21. The van der Waals surface area contributed by atoms with Crippen molar-refractivity contribution in [2.45, 2.75) is 39.1 Å². The summed E-state index contributed by atoms with van der Waals surface area (Å²) in [5.74, 6) is -0.816. The number of alkyl halides is 1. The summed E-state index contributed by atoms with van der Waals surface area (Å²) in [7, 11) is 0. The summed E-state index contributed by atoms with van der Waals surface area (Å²) in [5.41, 5.74) is 2.10. The van der Waals surface area contributed by atoms with Crippen LogP contribution in [-0.4, -0.2) is 33.4 Å². The van der Waals surface area contributed by atoms with Gasteiger partial charge in [0.05, 0.1) is 0 Å². The monoisotopic (exact) mass is 380 g/mol. The van der Waals surface area contributed by atoms with Crippen LogP contribution in [0.15, 0.2) is 24.3 Å². The van der Waals surface area contributed by atoms with E-state index in [9.17, 15) is 9.59 Å². The van der Waals surface area contributed by atoms with Crippen LogP contribution in [0.2, 0.25) is 0 Å². The second kappa shape index (κ2) is 8.40. The molecule has 0 fully saturated rings. The molecule has 0 radical (unpaired) electrons. The molecule has 1 aromatic heterocycles. The van der Waals surface area contributed by atoms with E-state index in [1.54, 1.807) is 6.92 Å². The number of carbonyl (C=O) groups excluding carboxylic acids is 2. The van der Waals surface area contributed by atoms with Gasteiger partial charge >= 0.3 is 0 Å². The van der Waals surface area contributed by atoms with Crippen LogP contribution in [0.4, 0.5) is 5.13 Å². The van der Waals surface area contributed by atoms with Gasteiger partial charge in [0.15, 0.2) is 0 Å². The molecule has 2 amide bonds. The molecule has 2 aromatic rings. The molecular formula is C17H21ClN4O2S. The number of nitrogens with zero attached hydrogens (tertiary/aromatic N) is 2. The van der Waals surface area contributed by atoms with Crippen LogP contribution in [0, 0.1) is 12.8 Å². The average molecular weight is 381 g/mol. The molecule has 0 aliphatic heterocycles. The second-order valence-electron chi connectivity index (χ2n) is 6.11. The summed E-state index contributed by atoms with van der Waals surface area (Å²) in [6.07, 6.45) is 0. The first-order valence-electron chi connectivity index (χ1n) is 7.93. The first-order chi connectivity index (χ1) is 11.8. The Kier molecular flexibility index (Phi) is 6.50. The standard InChI is InChI=1S/C17H21ClN4O2S/c1-9(2)13(19-14(23)11(4)18)15(24)20-17-22-21-16(25-17)12-7-5-10(3)6-8-12/h5-9,11,13H,1-4H3,(H,19,23)(H,20,22,24). The lowest BCUT2D eigenvalue weighted by Gasteiger charge is -2.21. The van der Waals surface area contributed by atoms with Crippen molar-refractivity contribution < 1.29 is 9.59 Å². The topological polar surface area (TPSA) is 84.0 Å². The van der Waals surface area contributed by atoms with Crippen LogP contribution in [-0.2, 0) is 9.59 Å². The van der Waals surface area contributed by atoms with E-state index in [0.717, 1.165) is 16.1 Å². The van der Waals surface area contributed by atoms with Crippen molar-refractivity contribution in [3.8, 4) is 10.6 Å². The Labute approximate surface area is 156 Å². The van der Waals surface area contributed by atoms with Crippen molar-refractivity contribution in [3.05, 3.63) is 29.8 Å². The Morgan fingerprint density at radius 2 is 1.72 bits per heavy atom. The van der Waals surface area contributed by atoms with Gasteiger partial charge in [0.1, 0.15) is 16.4 Å². The van der Waals surface area contributed by atoms with E-state index in [0.29, 0.717) is 5.13 Å². The van der Waals surface area contributed by atoms with Crippen molar-refractivity contribution in [1.29, 1.82) is 0 Å². The molecule has 134 valence electrons. The minimum Gasteiger partial charge on any atom is -0.343 e. The maximum atomic E-state index is 12.5. The number of hydrogen-bond donors (Lipinski definition) is 2. The van der Waals surface area contributed by atoms with E-state index >= 15 is 0 Å². The number of benzene rings is 1. The van der Waals surface area contributed by atoms with Crippen LogP contribution < -0.4 is 10.6 Å². The lowest BCUT2D eigenvalue weighted by atomic mass is 10.0. The first kappa shape index (κ1) is 19.3. The van der Waals surface area contributed by atoms with Gasteiger partial charge in [-0.05, 0) is 19.8 Å². The van der Waals surface area contributed by atoms with Crippen molar-refractivity contribution in [1.82, 2.24) is 15.5 Å². The number of carbonyl (C=O) groups is 2. The fraction of sp³-hybridized carbons (Fsp3) is 0.412. The van der Waals surface area contributed by atoms with Gasteiger partial charge in [-0.2, -0.15) is 0 Å². The van der Waals surface area contributed by atoms with E-state index in [1.807, 2.05) is 45.0 Å². The van der Waals surface area contributed by atoms with Crippen LogP contribution in [0.5, 0.6) is 0 Å². The van der Waals surface area contributed by atoms with Gasteiger partial charge in [0, 0.05) is 5.56 Å².